The minimum atomic E-state index is 0.860. The molecule has 0 aliphatic rings. The molecule has 0 unspecified atom stereocenters. The minimum absolute atomic E-state index is 0.860. The summed E-state index contributed by atoms with van der Waals surface area (Å²) in [6.45, 7) is 6.56. The number of aryl methyl sites for hydroxylation is 3. The number of aromatic nitrogens is 4. The van der Waals surface area contributed by atoms with E-state index in [1.165, 1.54) is 100.0 Å². The number of nitrogens with zero attached hydrogens (tertiary/aromatic N) is 4. The number of halogens is 2. The Bertz CT molecular complexity index is 1990. The third-order valence-electron chi connectivity index (χ3n) is 8.39. The third-order valence-corrected chi connectivity index (χ3v) is 12.4. The van der Waals surface area contributed by atoms with Crippen LogP contribution in [0.15, 0.2) is 50.7 Å². The molecule has 4 nitrogen and oxygen atoms in total. The van der Waals surface area contributed by atoms with Gasteiger partial charge in [0.1, 0.15) is 22.1 Å². The zero-order valence-corrected chi connectivity index (χ0v) is 32.2. The van der Waals surface area contributed by atoms with Crippen LogP contribution in [0.2, 0.25) is 0 Å². The second kappa shape index (κ2) is 15.7. The van der Waals surface area contributed by atoms with Gasteiger partial charge in [-0.25, -0.2) is 9.97 Å². The average Bonchev–Trinajstić information content (AvgIpc) is 3.83. The monoisotopic (exact) mass is 792 g/mol. The van der Waals surface area contributed by atoms with Crippen LogP contribution in [0.1, 0.15) is 92.6 Å². The van der Waals surface area contributed by atoms with Gasteiger partial charge in [0.2, 0.25) is 0 Å². The van der Waals surface area contributed by atoms with Gasteiger partial charge in [-0.1, -0.05) is 64.5 Å². The predicted octanol–water partition coefficient (Wildman–Crippen LogP) is 13.3. The van der Waals surface area contributed by atoms with Crippen molar-refractivity contribution in [2.75, 3.05) is 0 Å². The van der Waals surface area contributed by atoms with E-state index in [1.807, 2.05) is 41.7 Å². The van der Waals surface area contributed by atoms with Gasteiger partial charge in [0.25, 0.3) is 0 Å². The molecule has 0 N–H and O–H groups in total. The SMILES string of the molecule is CCCCCCc1csc(-c2ccc(-c3cc(CCCCCC)c(/C=C/c4nc5c(Br)ccc(Br)c5nc4C)s3)c3nsnc23)c1. The third kappa shape index (κ3) is 7.54. The highest BCUT2D eigenvalue weighted by atomic mass is 79.9. The molecule has 0 fully saturated rings. The maximum atomic E-state index is 4.99. The largest absolute Gasteiger partial charge is 0.248 e. The van der Waals surface area contributed by atoms with Gasteiger partial charge in [0.15, 0.2) is 0 Å². The molecule has 4 heterocycles. The van der Waals surface area contributed by atoms with Crippen molar-refractivity contribution in [3.8, 4) is 20.9 Å². The Kier molecular flexibility index (Phi) is 11.5. The molecule has 0 saturated heterocycles. The molecule has 2 aromatic carbocycles. The topological polar surface area (TPSA) is 51.6 Å². The molecule has 0 spiro atoms. The molecule has 0 atom stereocenters. The number of unbranched alkanes of at least 4 members (excludes halogenated alkanes) is 6. The van der Waals surface area contributed by atoms with Crippen LogP contribution in [0.25, 0.3) is 55.1 Å². The Morgan fingerprint density at radius 1 is 0.696 bits per heavy atom. The van der Waals surface area contributed by atoms with E-state index < -0.39 is 0 Å². The van der Waals surface area contributed by atoms with Crippen molar-refractivity contribution < 1.29 is 0 Å². The maximum absolute atomic E-state index is 4.99. The lowest BCUT2D eigenvalue weighted by atomic mass is 10.0. The van der Waals surface area contributed by atoms with Gasteiger partial charge in [-0.05, 0) is 117 Å². The average molecular weight is 795 g/mol. The van der Waals surface area contributed by atoms with E-state index >= 15 is 0 Å². The lowest BCUT2D eigenvalue weighted by Crippen LogP contribution is -1.95. The fourth-order valence-corrected chi connectivity index (χ4v) is 9.31. The van der Waals surface area contributed by atoms with E-state index in [-0.39, 0.29) is 0 Å². The summed E-state index contributed by atoms with van der Waals surface area (Å²) >= 11 is 12.3. The molecule has 0 saturated carbocycles. The van der Waals surface area contributed by atoms with E-state index in [1.54, 1.807) is 0 Å². The lowest BCUT2D eigenvalue weighted by Gasteiger charge is -2.06. The van der Waals surface area contributed by atoms with Crippen molar-refractivity contribution in [2.24, 2.45) is 0 Å². The van der Waals surface area contributed by atoms with E-state index in [4.69, 9.17) is 18.7 Å². The van der Waals surface area contributed by atoms with Crippen molar-refractivity contribution >= 4 is 100 Å². The molecule has 9 heteroatoms. The van der Waals surface area contributed by atoms with Crippen LogP contribution >= 0.6 is 66.3 Å². The second-order valence-electron chi connectivity index (χ2n) is 11.8. The van der Waals surface area contributed by atoms with Gasteiger partial charge in [0, 0.05) is 34.7 Å². The molecule has 238 valence electrons. The van der Waals surface area contributed by atoms with E-state index in [9.17, 15) is 0 Å². The van der Waals surface area contributed by atoms with Crippen LogP contribution in [0, 0.1) is 6.92 Å². The van der Waals surface area contributed by atoms with Crippen molar-refractivity contribution in [3.05, 3.63) is 78.1 Å². The summed E-state index contributed by atoms with van der Waals surface area (Å²) in [5.41, 5.74) is 10.7. The predicted molar refractivity (Wildman–Crippen MR) is 208 cm³/mol. The summed E-state index contributed by atoms with van der Waals surface area (Å²) in [6, 6.07) is 13.3. The fraction of sp³-hybridized carbons (Fsp3) is 0.351. The zero-order chi connectivity index (χ0) is 32.0. The number of rotatable bonds is 14. The molecule has 0 aliphatic heterocycles. The fourth-order valence-electron chi connectivity index (χ4n) is 5.80. The first-order valence-electron chi connectivity index (χ1n) is 16.2. The first-order valence-corrected chi connectivity index (χ1v) is 20.2. The summed E-state index contributed by atoms with van der Waals surface area (Å²) < 4.78 is 11.5. The van der Waals surface area contributed by atoms with Crippen LogP contribution in [0.3, 0.4) is 0 Å². The number of hydrogen-bond donors (Lipinski definition) is 0. The smallest absolute Gasteiger partial charge is 0.114 e. The van der Waals surface area contributed by atoms with E-state index in [2.05, 4.69) is 87.5 Å². The maximum Gasteiger partial charge on any atom is 0.114 e. The summed E-state index contributed by atoms with van der Waals surface area (Å²) in [7, 11) is 0. The Morgan fingerprint density at radius 2 is 1.35 bits per heavy atom. The first kappa shape index (κ1) is 33.6. The molecule has 0 radical (unpaired) electrons. The summed E-state index contributed by atoms with van der Waals surface area (Å²) in [5, 5.41) is 2.32. The van der Waals surface area contributed by atoms with Crippen LogP contribution in [0.4, 0.5) is 0 Å². The highest BCUT2D eigenvalue weighted by Crippen LogP contribution is 2.41. The number of fused-ring (bicyclic) bond motifs is 2. The zero-order valence-electron chi connectivity index (χ0n) is 26.5. The number of thiophene rings is 2. The molecule has 46 heavy (non-hydrogen) atoms. The van der Waals surface area contributed by atoms with Crippen LogP contribution in [-0.2, 0) is 12.8 Å². The Balaban J connectivity index is 1.33. The van der Waals surface area contributed by atoms with E-state index in [0.29, 0.717) is 0 Å². The van der Waals surface area contributed by atoms with Gasteiger partial charge < -0.3 is 0 Å². The van der Waals surface area contributed by atoms with E-state index in [0.717, 1.165) is 55.2 Å². The van der Waals surface area contributed by atoms with Crippen molar-refractivity contribution in [1.82, 2.24) is 18.7 Å². The standard InChI is InChI=1S/C37H38Br2N4S3/c1-4-6-8-10-12-24-20-32(44-22-24)26-14-15-27(35-34(26)42-46-43-35)33-21-25(13-11-9-7-5-2)31(45-33)19-18-30-23(3)40-36-28(38)16-17-29(39)37(36)41-30/h14-22H,4-13H2,1-3H3/b19-18+. The molecule has 4 aromatic heterocycles. The second-order valence-corrected chi connectivity index (χ2v) is 16.0. The number of hydrogen-bond acceptors (Lipinski definition) is 7. The van der Waals surface area contributed by atoms with Crippen molar-refractivity contribution in [3.63, 3.8) is 0 Å². The molecular weight excluding hydrogens is 756 g/mol. The van der Waals surface area contributed by atoms with Gasteiger partial charge in [-0.2, -0.15) is 8.75 Å². The highest BCUT2D eigenvalue weighted by Gasteiger charge is 2.18. The minimum Gasteiger partial charge on any atom is -0.248 e. The van der Waals surface area contributed by atoms with Gasteiger partial charge in [-0.3, -0.25) is 0 Å². The van der Waals surface area contributed by atoms with Crippen molar-refractivity contribution in [1.29, 1.82) is 0 Å². The van der Waals surface area contributed by atoms with Crippen LogP contribution in [0.5, 0.6) is 0 Å². The Morgan fingerprint density at radius 3 is 2.04 bits per heavy atom. The molecule has 6 rings (SSSR count). The molecular formula is C37H38Br2N4S3. The summed E-state index contributed by atoms with van der Waals surface area (Å²) in [6.07, 6.45) is 16.7. The van der Waals surface area contributed by atoms with Crippen LogP contribution < -0.4 is 0 Å². The van der Waals surface area contributed by atoms with Crippen LogP contribution in [-0.4, -0.2) is 18.7 Å². The highest BCUT2D eigenvalue weighted by molar-refractivity contribution is 9.11. The first-order chi connectivity index (χ1) is 22.5. The quantitative estimate of drug-likeness (QED) is 0.103. The summed E-state index contributed by atoms with van der Waals surface area (Å²) in [4.78, 5) is 13.7. The summed E-state index contributed by atoms with van der Waals surface area (Å²) in [5.74, 6) is 0. The van der Waals surface area contributed by atoms with Gasteiger partial charge >= 0.3 is 0 Å². The molecule has 6 aromatic rings. The van der Waals surface area contributed by atoms with Gasteiger partial charge in [-0.15, -0.1) is 22.7 Å². The Hall–Kier alpha value is -2.30. The Labute approximate surface area is 301 Å². The number of benzene rings is 2. The van der Waals surface area contributed by atoms with Crippen molar-refractivity contribution in [2.45, 2.75) is 85.0 Å². The molecule has 0 aliphatic carbocycles. The lowest BCUT2D eigenvalue weighted by molar-refractivity contribution is 0.667. The van der Waals surface area contributed by atoms with Gasteiger partial charge in [0.05, 0.1) is 23.1 Å². The molecule has 0 amide bonds. The molecule has 0 bridgehead atoms. The normalized spacial score (nSPS) is 11.9.